The highest BCUT2D eigenvalue weighted by Gasteiger charge is 2.60. The predicted molar refractivity (Wildman–Crippen MR) is 107 cm³/mol. The van der Waals surface area contributed by atoms with E-state index in [-0.39, 0.29) is 5.54 Å². The van der Waals surface area contributed by atoms with Gasteiger partial charge in [-0.3, -0.25) is 4.99 Å². The van der Waals surface area contributed by atoms with Crippen molar-refractivity contribution in [3.63, 3.8) is 0 Å². The molecule has 2 aromatic carbocycles. The van der Waals surface area contributed by atoms with Gasteiger partial charge in [-0.1, -0.05) is 53.2 Å². The molecule has 1 aliphatic heterocycles. The molecule has 1 N–H and O–H groups in total. The Labute approximate surface area is 163 Å². The van der Waals surface area contributed by atoms with Crippen LogP contribution in [0.25, 0.3) is 11.1 Å². The van der Waals surface area contributed by atoms with Crippen LogP contribution in [0.15, 0.2) is 58.0 Å². The van der Waals surface area contributed by atoms with Crippen molar-refractivity contribution in [2.45, 2.75) is 18.9 Å². The fraction of sp³-hybridized carbons (Fsp3) is 0.273. The van der Waals surface area contributed by atoms with Gasteiger partial charge in [0.15, 0.2) is 5.76 Å². The van der Waals surface area contributed by atoms with Crippen LogP contribution in [0.3, 0.4) is 0 Å². The highest BCUT2D eigenvalue weighted by Crippen LogP contribution is 2.59. The standard InChI is InChI=1S/C22H20ClN3O/c1-13-19-17-5-3-4-6-18(17)20(14-7-9-16(23)10-8-14)25-22(21(19)27-26-13)11-15(22)12-24-2/h3-10,15,24H,11-12H2,1-2H3. The molecule has 2 aliphatic rings. The summed E-state index contributed by atoms with van der Waals surface area (Å²) in [6, 6.07) is 16.3. The van der Waals surface area contributed by atoms with Crippen molar-refractivity contribution < 1.29 is 4.52 Å². The zero-order valence-corrected chi connectivity index (χ0v) is 16.0. The van der Waals surface area contributed by atoms with Gasteiger partial charge in [0.2, 0.25) is 0 Å². The smallest absolute Gasteiger partial charge is 0.172 e. The summed E-state index contributed by atoms with van der Waals surface area (Å²) in [4.78, 5) is 5.31. The summed E-state index contributed by atoms with van der Waals surface area (Å²) in [5.41, 5.74) is 5.96. The van der Waals surface area contributed by atoms with E-state index in [4.69, 9.17) is 21.1 Å². The molecule has 1 spiro atoms. The van der Waals surface area contributed by atoms with Gasteiger partial charge in [0.1, 0.15) is 5.54 Å². The summed E-state index contributed by atoms with van der Waals surface area (Å²) in [6.07, 6.45) is 0.959. The molecule has 3 aromatic rings. The Balaban J connectivity index is 1.79. The van der Waals surface area contributed by atoms with E-state index in [1.807, 2.05) is 38.2 Å². The van der Waals surface area contributed by atoms with E-state index in [0.717, 1.165) is 57.4 Å². The van der Waals surface area contributed by atoms with Crippen LogP contribution in [0, 0.1) is 12.8 Å². The van der Waals surface area contributed by atoms with E-state index in [0.29, 0.717) is 5.92 Å². The molecule has 0 amide bonds. The molecule has 136 valence electrons. The second-order valence-corrected chi connectivity index (χ2v) is 7.80. The van der Waals surface area contributed by atoms with Crippen LogP contribution >= 0.6 is 11.6 Å². The van der Waals surface area contributed by atoms with Crippen molar-refractivity contribution in [2.24, 2.45) is 10.9 Å². The molecular weight excluding hydrogens is 358 g/mol. The third kappa shape index (κ3) is 2.47. The van der Waals surface area contributed by atoms with Crippen LogP contribution in [-0.4, -0.2) is 24.5 Å². The molecule has 5 rings (SSSR count). The van der Waals surface area contributed by atoms with Gasteiger partial charge < -0.3 is 9.84 Å². The fourth-order valence-electron chi connectivity index (χ4n) is 4.25. The molecule has 5 heteroatoms. The van der Waals surface area contributed by atoms with Gasteiger partial charge in [0.05, 0.1) is 17.0 Å². The monoisotopic (exact) mass is 377 g/mol. The Morgan fingerprint density at radius 2 is 1.89 bits per heavy atom. The van der Waals surface area contributed by atoms with Gasteiger partial charge in [0.25, 0.3) is 0 Å². The fourth-order valence-corrected chi connectivity index (χ4v) is 4.37. The number of rotatable bonds is 3. The van der Waals surface area contributed by atoms with E-state index in [1.165, 1.54) is 0 Å². The van der Waals surface area contributed by atoms with Gasteiger partial charge >= 0.3 is 0 Å². The minimum Gasteiger partial charge on any atom is -0.358 e. The lowest BCUT2D eigenvalue weighted by Crippen LogP contribution is -2.18. The third-order valence-electron chi connectivity index (χ3n) is 5.66. The largest absolute Gasteiger partial charge is 0.358 e. The minimum atomic E-state index is -0.354. The van der Waals surface area contributed by atoms with Crippen LogP contribution in [0.5, 0.6) is 0 Å². The number of halogens is 1. The second kappa shape index (κ2) is 6.04. The van der Waals surface area contributed by atoms with Crippen LogP contribution in [-0.2, 0) is 5.54 Å². The summed E-state index contributed by atoms with van der Waals surface area (Å²) < 4.78 is 5.88. The number of hydrogen-bond donors (Lipinski definition) is 1. The Kier molecular flexibility index (Phi) is 3.74. The minimum absolute atomic E-state index is 0.354. The SMILES string of the molecule is CNCC1CC12N=C(c1ccc(Cl)cc1)c1ccccc1-c1c(C)noc12. The molecule has 2 atom stereocenters. The molecule has 1 saturated carbocycles. The first kappa shape index (κ1) is 16.7. The molecule has 1 aromatic heterocycles. The molecule has 27 heavy (non-hydrogen) atoms. The van der Waals surface area contributed by atoms with Crippen LogP contribution in [0.4, 0.5) is 0 Å². The molecule has 2 heterocycles. The summed E-state index contributed by atoms with van der Waals surface area (Å²) in [5, 5.41) is 8.31. The lowest BCUT2D eigenvalue weighted by molar-refractivity contribution is 0.344. The average Bonchev–Trinajstić information content (AvgIpc) is 3.26. The van der Waals surface area contributed by atoms with E-state index in [2.05, 4.69) is 34.7 Å². The Morgan fingerprint density at radius 3 is 2.63 bits per heavy atom. The highest BCUT2D eigenvalue weighted by atomic mass is 35.5. The molecule has 0 saturated heterocycles. The molecule has 4 nitrogen and oxygen atoms in total. The third-order valence-corrected chi connectivity index (χ3v) is 5.91. The van der Waals surface area contributed by atoms with Crippen molar-refractivity contribution in [1.82, 2.24) is 10.5 Å². The molecular formula is C22H20ClN3O. The number of aromatic nitrogens is 1. The molecule has 0 radical (unpaired) electrons. The first-order chi connectivity index (χ1) is 13.1. The maximum atomic E-state index is 6.12. The Bertz CT molecular complexity index is 1050. The Morgan fingerprint density at radius 1 is 1.15 bits per heavy atom. The van der Waals surface area contributed by atoms with Gasteiger partial charge in [-0.05, 0) is 38.1 Å². The van der Waals surface area contributed by atoms with Gasteiger partial charge in [0, 0.05) is 28.6 Å². The number of fused-ring (bicyclic) bond motifs is 4. The van der Waals surface area contributed by atoms with Gasteiger partial charge in [-0.2, -0.15) is 0 Å². The normalized spacial score (nSPS) is 22.8. The average molecular weight is 378 g/mol. The first-order valence-corrected chi connectivity index (χ1v) is 9.59. The number of benzene rings is 2. The molecule has 0 bridgehead atoms. The summed E-state index contributed by atoms with van der Waals surface area (Å²) >= 11 is 6.12. The van der Waals surface area contributed by atoms with Gasteiger partial charge in [-0.15, -0.1) is 0 Å². The Hall–Kier alpha value is -2.43. The lowest BCUT2D eigenvalue weighted by atomic mass is 9.93. The quantitative estimate of drug-likeness (QED) is 0.726. The number of nitrogens with one attached hydrogen (secondary N) is 1. The summed E-state index contributed by atoms with van der Waals surface area (Å²) in [7, 11) is 1.98. The van der Waals surface area contributed by atoms with Crippen LogP contribution in [0.1, 0.15) is 29.0 Å². The molecule has 1 aliphatic carbocycles. The van der Waals surface area contributed by atoms with E-state index in [1.54, 1.807) is 0 Å². The van der Waals surface area contributed by atoms with Crippen molar-refractivity contribution in [3.8, 4) is 11.1 Å². The molecule has 1 fully saturated rings. The molecule has 2 unspecified atom stereocenters. The van der Waals surface area contributed by atoms with E-state index < -0.39 is 0 Å². The van der Waals surface area contributed by atoms with Crippen LogP contribution < -0.4 is 5.32 Å². The first-order valence-electron chi connectivity index (χ1n) is 9.21. The summed E-state index contributed by atoms with van der Waals surface area (Å²) in [6.45, 7) is 2.91. The van der Waals surface area contributed by atoms with Gasteiger partial charge in [-0.25, -0.2) is 0 Å². The van der Waals surface area contributed by atoms with E-state index in [9.17, 15) is 0 Å². The van der Waals surface area contributed by atoms with Crippen LogP contribution in [0.2, 0.25) is 5.02 Å². The lowest BCUT2D eigenvalue weighted by Gasteiger charge is -2.12. The maximum absolute atomic E-state index is 6.12. The number of nitrogens with zero attached hydrogens (tertiary/aromatic N) is 2. The predicted octanol–water partition coefficient (Wildman–Crippen LogP) is 4.59. The maximum Gasteiger partial charge on any atom is 0.172 e. The van der Waals surface area contributed by atoms with Crippen molar-refractivity contribution in [2.75, 3.05) is 13.6 Å². The van der Waals surface area contributed by atoms with Crippen molar-refractivity contribution >= 4 is 17.3 Å². The van der Waals surface area contributed by atoms with E-state index >= 15 is 0 Å². The number of hydrogen-bond acceptors (Lipinski definition) is 4. The number of aliphatic imine (C=N–C) groups is 1. The summed E-state index contributed by atoms with van der Waals surface area (Å²) in [5.74, 6) is 1.29. The zero-order chi connectivity index (χ0) is 18.6. The zero-order valence-electron chi connectivity index (χ0n) is 15.3. The second-order valence-electron chi connectivity index (χ2n) is 7.37. The highest BCUT2D eigenvalue weighted by molar-refractivity contribution is 6.30. The topological polar surface area (TPSA) is 50.4 Å². The van der Waals surface area contributed by atoms with Crippen molar-refractivity contribution in [1.29, 1.82) is 0 Å². The number of aryl methyl sites for hydroxylation is 1. The van der Waals surface area contributed by atoms with Crippen molar-refractivity contribution in [3.05, 3.63) is 76.1 Å².